The standard InChI is InChI=1S/C14H19BrO2/c1-8-9(2)13-11(10(3)12(8)15)6-14(4,17-13)7-16-5/h6-7H2,1-5H3. The van der Waals surface area contributed by atoms with E-state index in [4.69, 9.17) is 9.47 Å². The van der Waals surface area contributed by atoms with Crippen LogP contribution < -0.4 is 4.74 Å². The Hall–Kier alpha value is -0.540. The van der Waals surface area contributed by atoms with Gasteiger partial charge in [0, 0.05) is 23.6 Å². The number of ether oxygens (including phenoxy) is 2. The van der Waals surface area contributed by atoms with Crippen LogP contribution in [-0.4, -0.2) is 19.3 Å². The second-order valence-electron chi connectivity index (χ2n) is 5.16. The molecule has 0 saturated heterocycles. The summed E-state index contributed by atoms with van der Waals surface area (Å²) in [6.07, 6.45) is 0.918. The van der Waals surface area contributed by atoms with Crippen LogP contribution in [0.4, 0.5) is 0 Å². The lowest BCUT2D eigenvalue weighted by atomic mass is 9.94. The van der Waals surface area contributed by atoms with E-state index in [9.17, 15) is 0 Å². The molecule has 0 aromatic heterocycles. The van der Waals surface area contributed by atoms with E-state index in [-0.39, 0.29) is 5.60 Å². The second-order valence-corrected chi connectivity index (χ2v) is 5.95. The molecular weight excluding hydrogens is 280 g/mol. The summed E-state index contributed by atoms with van der Waals surface area (Å²) in [6.45, 7) is 9.13. The van der Waals surface area contributed by atoms with E-state index in [0.29, 0.717) is 6.61 Å². The largest absolute Gasteiger partial charge is 0.484 e. The predicted molar refractivity (Wildman–Crippen MR) is 73.0 cm³/mol. The third-order valence-electron chi connectivity index (χ3n) is 3.64. The van der Waals surface area contributed by atoms with Gasteiger partial charge in [0.25, 0.3) is 0 Å². The van der Waals surface area contributed by atoms with E-state index in [1.54, 1.807) is 7.11 Å². The highest BCUT2D eigenvalue weighted by Crippen LogP contribution is 2.44. The van der Waals surface area contributed by atoms with Crippen molar-refractivity contribution in [3.63, 3.8) is 0 Å². The zero-order chi connectivity index (χ0) is 12.8. The molecule has 2 nitrogen and oxygen atoms in total. The van der Waals surface area contributed by atoms with Gasteiger partial charge < -0.3 is 9.47 Å². The van der Waals surface area contributed by atoms with E-state index in [1.165, 1.54) is 26.7 Å². The first-order valence-corrected chi connectivity index (χ1v) is 6.65. The van der Waals surface area contributed by atoms with Gasteiger partial charge in [-0.2, -0.15) is 0 Å². The Morgan fingerprint density at radius 2 is 1.88 bits per heavy atom. The van der Waals surface area contributed by atoms with Crippen molar-refractivity contribution in [3.05, 3.63) is 26.7 Å². The highest BCUT2D eigenvalue weighted by Gasteiger charge is 2.37. The fourth-order valence-corrected chi connectivity index (χ4v) is 3.08. The van der Waals surface area contributed by atoms with Gasteiger partial charge in [-0.05, 0) is 44.4 Å². The average molecular weight is 299 g/mol. The maximum Gasteiger partial charge on any atom is 0.134 e. The van der Waals surface area contributed by atoms with Crippen LogP contribution in [0, 0.1) is 20.8 Å². The molecule has 17 heavy (non-hydrogen) atoms. The van der Waals surface area contributed by atoms with Gasteiger partial charge in [0.2, 0.25) is 0 Å². The second kappa shape index (κ2) is 4.29. The Morgan fingerprint density at radius 3 is 2.47 bits per heavy atom. The van der Waals surface area contributed by atoms with Crippen molar-refractivity contribution in [2.75, 3.05) is 13.7 Å². The normalized spacial score (nSPS) is 22.5. The molecule has 1 aromatic rings. The van der Waals surface area contributed by atoms with E-state index in [0.717, 1.165) is 12.2 Å². The van der Waals surface area contributed by atoms with Gasteiger partial charge in [-0.3, -0.25) is 0 Å². The molecule has 1 unspecified atom stereocenters. The molecule has 0 saturated carbocycles. The fraction of sp³-hybridized carbons (Fsp3) is 0.571. The number of hydrogen-bond acceptors (Lipinski definition) is 2. The molecule has 0 fully saturated rings. The maximum absolute atomic E-state index is 6.14. The quantitative estimate of drug-likeness (QED) is 0.828. The number of fused-ring (bicyclic) bond motifs is 1. The Bertz CT molecular complexity index is 429. The Balaban J connectivity index is 2.52. The van der Waals surface area contributed by atoms with Crippen molar-refractivity contribution in [2.45, 2.75) is 39.7 Å². The highest BCUT2D eigenvalue weighted by molar-refractivity contribution is 9.10. The number of hydrogen-bond donors (Lipinski definition) is 0. The third kappa shape index (κ3) is 2.00. The minimum atomic E-state index is -0.222. The maximum atomic E-state index is 6.14. The Morgan fingerprint density at radius 1 is 1.24 bits per heavy atom. The molecule has 1 atom stereocenters. The topological polar surface area (TPSA) is 18.5 Å². The molecule has 1 aromatic carbocycles. The smallest absolute Gasteiger partial charge is 0.134 e. The minimum Gasteiger partial charge on any atom is -0.484 e. The van der Waals surface area contributed by atoms with Crippen LogP contribution in [0.1, 0.15) is 29.2 Å². The van der Waals surface area contributed by atoms with Crippen molar-refractivity contribution in [2.24, 2.45) is 0 Å². The van der Waals surface area contributed by atoms with Crippen LogP contribution in [0.25, 0.3) is 0 Å². The number of halogens is 1. The fourth-order valence-electron chi connectivity index (χ4n) is 2.54. The predicted octanol–water partition coefficient (Wildman–Crippen LogP) is 3.71. The van der Waals surface area contributed by atoms with Crippen LogP contribution in [0.15, 0.2) is 4.47 Å². The third-order valence-corrected chi connectivity index (χ3v) is 4.83. The summed E-state index contributed by atoms with van der Waals surface area (Å²) >= 11 is 3.67. The van der Waals surface area contributed by atoms with Crippen LogP contribution >= 0.6 is 15.9 Å². The lowest BCUT2D eigenvalue weighted by molar-refractivity contribution is 0.0201. The molecular formula is C14H19BrO2. The van der Waals surface area contributed by atoms with Gasteiger partial charge in [0.1, 0.15) is 11.4 Å². The first kappa shape index (κ1) is 12.9. The van der Waals surface area contributed by atoms with Gasteiger partial charge in [0.15, 0.2) is 0 Å². The summed E-state index contributed by atoms with van der Waals surface area (Å²) in [5.74, 6) is 1.06. The minimum absolute atomic E-state index is 0.222. The molecule has 0 bridgehead atoms. The molecule has 0 radical (unpaired) electrons. The molecule has 0 amide bonds. The highest BCUT2D eigenvalue weighted by atomic mass is 79.9. The van der Waals surface area contributed by atoms with Gasteiger partial charge in [-0.15, -0.1) is 0 Å². The molecule has 0 N–H and O–H groups in total. The molecule has 94 valence electrons. The van der Waals surface area contributed by atoms with Gasteiger partial charge in [-0.25, -0.2) is 0 Å². The van der Waals surface area contributed by atoms with Crippen LogP contribution in [-0.2, 0) is 11.2 Å². The number of benzene rings is 1. The first-order chi connectivity index (χ1) is 7.89. The van der Waals surface area contributed by atoms with Crippen molar-refractivity contribution in [3.8, 4) is 5.75 Å². The molecule has 1 heterocycles. The summed E-state index contributed by atoms with van der Waals surface area (Å²) in [5, 5.41) is 0. The van der Waals surface area contributed by atoms with Crippen molar-refractivity contribution in [1.29, 1.82) is 0 Å². The zero-order valence-corrected chi connectivity index (χ0v) is 12.7. The molecule has 1 aliphatic heterocycles. The number of rotatable bonds is 2. The van der Waals surface area contributed by atoms with E-state index in [2.05, 4.69) is 43.6 Å². The van der Waals surface area contributed by atoms with Crippen molar-refractivity contribution in [1.82, 2.24) is 0 Å². The average Bonchev–Trinajstić information content (AvgIpc) is 2.62. The molecule has 0 spiro atoms. The van der Waals surface area contributed by atoms with Crippen LogP contribution in [0.5, 0.6) is 5.75 Å². The van der Waals surface area contributed by atoms with Crippen molar-refractivity contribution >= 4 is 15.9 Å². The summed E-state index contributed by atoms with van der Waals surface area (Å²) in [7, 11) is 1.72. The molecule has 1 aliphatic rings. The molecule has 3 heteroatoms. The van der Waals surface area contributed by atoms with Crippen LogP contribution in [0.3, 0.4) is 0 Å². The first-order valence-electron chi connectivity index (χ1n) is 5.85. The lowest BCUT2D eigenvalue weighted by Crippen LogP contribution is -2.35. The Kier molecular flexibility index (Phi) is 3.25. The van der Waals surface area contributed by atoms with Crippen LogP contribution in [0.2, 0.25) is 0 Å². The molecule has 2 rings (SSSR count). The van der Waals surface area contributed by atoms with Gasteiger partial charge >= 0.3 is 0 Å². The SMILES string of the molecule is COCC1(C)Cc2c(C)c(Br)c(C)c(C)c2O1. The van der Waals surface area contributed by atoms with Gasteiger partial charge in [-0.1, -0.05) is 15.9 Å². The van der Waals surface area contributed by atoms with E-state index in [1.807, 2.05) is 0 Å². The number of methoxy groups -OCH3 is 1. The van der Waals surface area contributed by atoms with E-state index < -0.39 is 0 Å². The summed E-state index contributed by atoms with van der Waals surface area (Å²) in [6, 6.07) is 0. The monoisotopic (exact) mass is 298 g/mol. The summed E-state index contributed by atoms with van der Waals surface area (Å²) in [5.41, 5.74) is 4.89. The zero-order valence-electron chi connectivity index (χ0n) is 11.1. The Labute approximate surface area is 111 Å². The summed E-state index contributed by atoms with van der Waals surface area (Å²) < 4.78 is 12.6. The lowest BCUT2D eigenvalue weighted by Gasteiger charge is -2.23. The van der Waals surface area contributed by atoms with Gasteiger partial charge in [0.05, 0.1) is 6.61 Å². The molecule has 0 aliphatic carbocycles. The van der Waals surface area contributed by atoms with E-state index >= 15 is 0 Å². The summed E-state index contributed by atoms with van der Waals surface area (Å²) in [4.78, 5) is 0. The van der Waals surface area contributed by atoms with Crippen molar-refractivity contribution < 1.29 is 9.47 Å².